The number of piperidine rings is 1. The molecule has 0 bridgehead atoms. The molecule has 6 heteroatoms. The lowest BCUT2D eigenvalue weighted by atomic mass is 9.96. The number of aromatic amines is 1. The number of likely N-dealkylation sites (tertiary alicyclic amines) is 1. The van der Waals surface area contributed by atoms with Crippen molar-refractivity contribution in [2.24, 2.45) is 0 Å². The number of nitrogens with one attached hydrogen (secondary N) is 1. The maximum atomic E-state index is 5.27. The Labute approximate surface area is 192 Å². The molecule has 6 rings (SSSR count). The summed E-state index contributed by atoms with van der Waals surface area (Å²) in [5.41, 5.74) is 4.32. The highest BCUT2D eigenvalue weighted by Gasteiger charge is 2.25. The van der Waals surface area contributed by atoms with Crippen LogP contribution in [-0.2, 0) is 0 Å². The van der Waals surface area contributed by atoms with Gasteiger partial charge in [0.05, 0.1) is 23.7 Å². The third kappa shape index (κ3) is 3.92. The van der Waals surface area contributed by atoms with E-state index < -0.39 is 0 Å². The summed E-state index contributed by atoms with van der Waals surface area (Å²) in [6, 6.07) is 12.3. The number of imidazole rings is 1. The molecule has 0 saturated carbocycles. The smallest absolute Gasteiger partial charge is 0.176 e. The minimum absolute atomic E-state index is 0.438. The highest BCUT2D eigenvalue weighted by atomic mass is 16.3. The van der Waals surface area contributed by atoms with E-state index in [9.17, 15) is 0 Å². The molecule has 1 fully saturated rings. The molecule has 5 heterocycles. The van der Waals surface area contributed by atoms with Crippen LogP contribution in [0.1, 0.15) is 36.8 Å². The van der Waals surface area contributed by atoms with Gasteiger partial charge in [-0.15, -0.1) is 0 Å². The Morgan fingerprint density at radius 3 is 2.97 bits per heavy atom. The van der Waals surface area contributed by atoms with Crippen LogP contribution in [0.2, 0.25) is 0 Å². The van der Waals surface area contributed by atoms with E-state index in [-0.39, 0.29) is 0 Å². The normalized spacial score (nSPS) is 15.2. The van der Waals surface area contributed by atoms with Gasteiger partial charge >= 0.3 is 0 Å². The van der Waals surface area contributed by atoms with Gasteiger partial charge in [0.15, 0.2) is 5.76 Å². The highest BCUT2D eigenvalue weighted by Crippen LogP contribution is 2.33. The van der Waals surface area contributed by atoms with Crippen LogP contribution in [0, 0.1) is 11.8 Å². The summed E-state index contributed by atoms with van der Waals surface area (Å²) in [5.74, 6) is 8.62. The van der Waals surface area contributed by atoms with Crippen LogP contribution in [-0.4, -0.2) is 43.9 Å². The molecule has 0 radical (unpaired) electrons. The van der Waals surface area contributed by atoms with E-state index in [1.54, 1.807) is 6.26 Å². The van der Waals surface area contributed by atoms with E-state index in [1.807, 2.05) is 36.9 Å². The molecular weight excluding hydrogens is 410 g/mol. The first-order chi connectivity index (χ1) is 16.3. The molecule has 1 aliphatic rings. The van der Waals surface area contributed by atoms with Crippen LogP contribution < -0.4 is 0 Å². The summed E-state index contributed by atoms with van der Waals surface area (Å²) in [4.78, 5) is 15.4. The molecular formula is C27H25N5O. The molecule has 0 amide bonds. The van der Waals surface area contributed by atoms with Crippen molar-refractivity contribution in [2.45, 2.75) is 25.2 Å². The van der Waals surface area contributed by atoms with E-state index >= 15 is 0 Å². The van der Waals surface area contributed by atoms with Crippen LogP contribution in [0.25, 0.3) is 27.7 Å². The van der Waals surface area contributed by atoms with Gasteiger partial charge in [0.1, 0.15) is 5.82 Å². The Kier molecular flexibility index (Phi) is 5.17. The summed E-state index contributed by atoms with van der Waals surface area (Å²) in [5, 5.41) is 1.21. The minimum atomic E-state index is 0.438. The number of rotatable bonds is 4. The van der Waals surface area contributed by atoms with Crippen LogP contribution >= 0.6 is 0 Å². The Balaban J connectivity index is 1.19. The summed E-state index contributed by atoms with van der Waals surface area (Å²) >= 11 is 0. The zero-order chi connectivity index (χ0) is 22.0. The molecule has 1 saturated heterocycles. The molecule has 5 aromatic rings. The predicted octanol–water partition coefficient (Wildman–Crippen LogP) is 5.09. The van der Waals surface area contributed by atoms with Crippen molar-refractivity contribution in [3.05, 3.63) is 79.0 Å². The SMILES string of the molecule is C(#Cc1ccco1)CCN1CCC(c2nc(-c3ccc4cc[nH]c4c3)c3cnccn23)CC1. The number of hydrogen-bond acceptors (Lipinski definition) is 4. The molecule has 4 aromatic heterocycles. The van der Waals surface area contributed by atoms with Gasteiger partial charge in [0.25, 0.3) is 0 Å². The Bertz CT molecular complexity index is 1440. The number of benzene rings is 1. The predicted molar refractivity (Wildman–Crippen MR) is 129 cm³/mol. The van der Waals surface area contributed by atoms with Gasteiger partial charge in [-0.25, -0.2) is 4.98 Å². The Hall–Kier alpha value is -3.82. The highest BCUT2D eigenvalue weighted by molar-refractivity contribution is 5.87. The maximum absolute atomic E-state index is 5.27. The molecule has 1 N–H and O–H groups in total. The van der Waals surface area contributed by atoms with Gasteiger partial charge in [-0.3, -0.25) is 9.38 Å². The molecule has 0 aliphatic carbocycles. The van der Waals surface area contributed by atoms with Crippen LogP contribution in [0.4, 0.5) is 0 Å². The second kappa shape index (κ2) is 8.61. The first-order valence-electron chi connectivity index (χ1n) is 11.5. The maximum Gasteiger partial charge on any atom is 0.176 e. The first-order valence-corrected chi connectivity index (χ1v) is 11.5. The van der Waals surface area contributed by atoms with E-state index in [0.717, 1.165) is 72.8 Å². The zero-order valence-electron chi connectivity index (χ0n) is 18.4. The summed E-state index contributed by atoms with van der Waals surface area (Å²) < 4.78 is 7.50. The lowest BCUT2D eigenvalue weighted by Crippen LogP contribution is -2.34. The van der Waals surface area contributed by atoms with Gasteiger partial charge in [0, 0.05) is 48.6 Å². The summed E-state index contributed by atoms with van der Waals surface area (Å²) in [7, 11) is 0. The third-order valence-corrected chi connectivity index (χ3v) is 6.54. The number of furan rings is 1. The minimum Gasteiger partial charge on any atom is -0.456 e. The van der Waals surface area contributed by atoms with E-state index in [2.05, 4.69) is 55.4 Å². The Morgan fingerprint density at radius 1 is 1.15 bits per heavy atom. The quantitative estimate of drug-likeness (QED) is 0.399. The van der Waals surface area contributed by atoms with Gasteiger partial charge in [-0.1, -0.05) is 18.1 Å². The first kappa shape index (κ1) is 19.8. The fourth-order valence-electron chi connectivity index (χ4n) is 4.79. The second-order valence-corrected chi connectivity index (χ2v) is 8.57. The zero-order valence-corrected chi connectivity index (χ0v) is 18.4. The van der Waals surface area contributed by atoms with E-state index in [0.29, 0.717) is 5.92 Å². The largest absolute Gasteiger partial charge is 0.456 e. The van der Waals surface area contributed by atoms with Gasteiger partial charge < -0.3 is 14.3 Å². The van der Waals surface area contributed by atoms with E-state index in [1.165, 1.54) is 5.39 Å². The molecule has 0 unspecified atom stereocenters. The number of fused-ring (bicyclic) bond motifs is 2. The number of hydrogen-bond donors (Lipinski definition) is 1. The van der Waals surface area contributed by atoms with Crippen molar-refractivity contribution in [1.82, 2.24) is 24.3 Å². The van der Waals surface area contributed by atoms with Crippen LogP contribution in [0.3, 0.4) is 0 Å². The number of nitrogens with zero attached hydrogens (tertiary/aromatic N) is 4. The van der Waals surface area contributed by atoms with Crippen LogP contribution in [0.15, 0.2) is 71.9 Å². The molecule has 33 heavy (non-hydrogen) atoms. The van der Waals surface area contributed by atoms with Crippen molar-refractivity contribution >= 4 is 16.4 Å². The lowest BCUT2D eigenvalue weighted by molar-refractivity contribution is 0.213. The van der Waals surface area contributed by atoms with Crippen LogP contribution in [0.5, 0.6) is 0 Å². The van der Waals surface area contributed by atoms with Crippen molar-refractivity contribution in [3.8, 4) is 23.1 Å². The Morgan fingerprint density at radius 2 is 2.09 bits per heavy atom. The fourth-order valence-corrected chi connectivity index (χ4v) is 4.79. The lowest BCUT2D eigenvalue weighted by Gasteiger charge is -2.30. The molecule has 164 valence electrons. The van der Waals surface area contributed by atoms with Crippen molar-refractivity contribution in [1.29, 1.82) is 0 Å². The summed E-state index contributed by atoms with van der Waals surface area (Å²) in [6.45, 7) is 3.13. The van der Waals surface area contributed by atoms with Crippen molar-refractivity contribution < 1.29 is 4.42 Å². The molecule has 1 aromatic carbocycles. The fraction of sp³-hybridized carbons (Fsp3) is 0.259. The number of H-pyrrole nitrogens is 1. The second-order valence-electron chi connectivity index (χ2n) is 8.57. The summed E-state index contributed by atoms with van der Waals surface area (Å²) in [6.07, 6.45) is 12.5. The van der Waals surface area contributed by atoms with Crippen molar-refractivity contribution in [2.75, 3.05) is 19.6 Å². The van der Waals surface area contributed by atoms with Gasteiger partial charge in [-0.05, 0) is 61.5 Å². The molecule has 1 aliphatic heterocycles. The molecule has 0 atom stereocenters. The van der Waals surface area contributed by atoms with Gasteiger partial charge in [-0.2, -0.15) is 0 Å². The molecule has 6 nitrogen and oxygen atoms in total. The third-order valence-electron chi connectivity index (χ3n) is 6.54. The standard InChI is InChI=1S/C27H25N5O/c1(4-23-5-3-17-33-23)2-13-31-14-9-21(10-15-31)27-30-26(25-19-28-12-16-32(25)27)22-7-6-20-8-11-29-24(20)18-22/h3,5-8,11-12,16-19,21,29H,2,9-10,13-15H2. The average molecular weight is 436 g/mol. The van der Waals surface area contributed by atoms with Gasteiger partial charge in [0.2, 0.25) is 0 Å². The monoisotopic (exact) mass is 435 g/mol. The average Bonchev–Trinajstić information content (AvgIpc) is 3.62. The topological polar surface area (TPSA) is 62.4 Å². The van der Waals surface area contributed by atoms with Crippen molar-refractivity contribution in [3.63, 3.8) is 0 Å². The number of aromatic nitrogens is 4. The van der Waals surface area contributed by atoms with E-state index in [4.69, 9.17) is 9.40 Å². The molecule has 0 spiro atoms.